The Labute approximate surface area is 156 Å². The minimum atomic E-state index is -0.652. The molecular formula is C18H23N3O6. The second-order valence-electron chi connectivity index (χ2n) is 6.49. The Kier molecular flexibility index (Phi) is 6.12. The molecule has 1 fully saturated rings. The molecule has 1 aromatic carbocycles. The van der Waals surface area contributed by atoms with Crippen molar-refractivity contribution in [3.8, 4) is 11.5 Å². The van der Waals surface area contributed by atoms with E-state index >= 15 is 0 Å². The van der Waals surface area contributed by atoms with Gasteiger partial charge in [0.05, 0.1) is 19.7 Å². The van der Waals surface area contributed by atoms with Crippen LogP contribution < -0.4 is 20.1 Å². The van der Waals surface area contributed by atoms with Gasteiger partial charge in [-0.1, -0.05) is 0 Å². The molecule has 9 nitrogen and oxygen atoms in total. The Hall–Kier alpha value is -2.81. The highest BCUT2D eigenvalue weighted by molar-refractivity contribution is 6.02. The van der Waals surface area contributed by atoms with Crippen molar-refractivity contribution in [3.05, 3.63) is 18.2 Å². The van der Waals surface area contributed by atoms with Gasteiger partial charge in [-0.05, 0) is 37.8 Å². The monoisotopic (exact) mass is 377 g/mol. The molecule has 27 heavy (non-hydrogen) atoms. The van der Waals surface area contributed by atoms with Crippen LogP contribution in [-0.4, -0.2) is 55.8 Å². The van der Waals surface area contributed by atoms with Crippen LogP contribution in [0.4, 0.5) is 10.5 Å². The molecule has 0 aromatic heterocycles. The Morgan fingerprint density at radius 2 is 1.96 bits per heavy atom. The number of nitrogens with zero attached hydrogens (tertiary/aromatic N) is 1. The maximum atomic E-state index is 12.2. The fraction of sp³-hybridized carbons (Fsp3) is 0.500. The SMILES string of the molecule is CCOC(=O)CN(CC(=O)NC(=O)Nc1ccc2c(c1)OCO2)CC1CC1. The van der Waals surface area contributed by atoms with Crippen molar-refractivity contribution >= 4 is 23.6 Å². The standard InChI is InChI=1S/C18H23N3O6/c1-2-25-17(23)10-21(8-12-3-4-12)9-16(22)20-18(24)19-13-5-6-14-15(7-13)27-11-26-14/h5-7,12H,2-4,8-11H2,1H3,(H2,19,20,22,24). The highest BCUT2D eigenvalue weighted by Gasteiger charge is 2.27. The number of rotatable bonds is 8. The summed E-state index contributed by atoms with van der Waals surface area (Å²) >= 11 is 0. The lowest BCUT2D eigenvalue weighted by atomic mass is 10.3. The first kappa shape index (κ1) is 19.0. The minimum absolute atomic E-state index is 0.0293. The maximum Gasteiger partial charge on any atom is 0.325 e. The number of imide groups is 1. The van der Waals surface area contributed by atoms with E-state index in [2.05, 4.69) is 10.6 Å². The van der Waals surface area contributed by atoms with Crippen LogP contribution >= 0.6 is 0 Å². The van der Waals surface area contributed by atoms with E-state index in [1.54, 1.807) is 30.0 Å². The molecule has 1 aliphatic carbocycles. The largest absolute Gasteiger partial charge is 0.465 e. The third-order valence-corrected chi connectivity index (χ3v) is 4.12. The van der Waals surface area contributed by atoms with Gasteiger partial charge in [-0.3, -0.25) is 19.8 Å². The van der Waals surface area contributed by atoms with E-state index in [1.165, 1.54) is 0 Å². The van der Waals surface area contributed by atoms with Gasteiger partial charge in [-0.25, -0.2) is 4.79 Å². The number of hydrogen-bond acceptors (Lipinski definition) is 7. The molecular weight excluding hydrogens is 354 g/mol. The van der Waals surface area contributed by atoms with Gasteiger partial charge in [0, 0.05) is 18.3 Å². The summed E-state index contributed by atoms with van der Waals surface area (Å²) in [6.07, 6.45) is 2.18. The number of amides is 3. The number of urea groups is 1. The van der Waals surface area contributed by atoms with Gasteiger partial charge >= 0.3 is 12.0 Å². The summed E-state index contributed by atoms with van der Waals surface area (Å²) in [7, 11) is 0. The molecule has 0 spiro atoms. The summed E-state index contributed by atoms with van der Waals surface area (Å²) in [5.74, 6) is 0.763. The Morgan fingerprint density at radius 1 is 1.19 bits per heavy atom. The van der Waals surface area contributed by atoms with Gasteiger partial charge in [0.15, 0.2) is 11.5 Å². The van der Waals surface area contributed by atoms with Gasteiger partial charge in [0.1, 0.15) is 0 Å². The smallest absolute Gasteiger partial charge is 0.325 e. The molecule has 2 N–H and O–H groups in total. The number of carbonyl (C=O) groups excluding carboxylic acids is 3. The second-order valence-corrected chi connectivity index (χ2v) is 6.49. The zero-order chi connectivity index (χ0) is 19.2. The van der Waals surface area contributed by atoms with Crippen LogP contribution in [0.15, 0.2) is 18.2 Å². The molecule has 146 valence electrons. The molecule has 0 saturated heterocycles. The number of esters is 1. The number of fused-ring (bicyclic) bond motifs is 1. The van der Waals surface area contributed by atoms with Gasteiger partial charge in [0.25, 0.3) is 0 Å². The van der Waals surface area contributed by atoms with E-state index in [0.29, 0.717) is 36.3 Å². The average molecular weight is 377 g/mol. The lowest BCUT2D eigenvalue weighted by Gasteiger charge is -2.20. The van der Waals surface area contributed by atoms with E-state index in [-0.39, 0.29) is 25.9 Å². The first-order valence-corrected chi connectivity index (χ1v) is 8.92. The van der Waals surface area contributed by atoms with Crippen molar-refractivity contribution in [1.29, 1.82) is 0 Å². The van der Waals surface area contributed by atoms with Crippen LogP contribution in [0.25, 0.3) is 0 Å². The summed E-state index contributed by atoms with van der Waals surface area (Å²) in [5, 5.41) is 4.84. The highest BCUT2D eigenvalue weighted by Crippen LogP contribution is 2.34. The summed E-state index contributed by atoms with van der Waals surface area (Å²) < 4.78 is 15.4. The first-order chi connectivity index (χ1) is 13.0. The predicted molar refractivity (Wildman–Crippen MR) is 95.5 cm³/mol. The molecule has 1 aromatic rings. The summed E-state index contributed by atoms with van der Waals surface area (Å²) in [5.41, 5.74) is 0.478. The van der Waals surface area contributed by atoms with Crippen molar-refractivity contribution in [1.82, 2.24) is 10.2 Å². The molecule has 3 rings (SSSR count). The average Bonchev–Trinajstić information content (AvgIpc) is 3.28. The quantitative estimate of drug-likeness (QED) is 0.659. The summed E-state index contributed by atoms with van der Waals surface area (Å²) in [6.45, 7) is 2.78. The van der Waals surface area contributed by atoms with Crippen molar-refractivity contribution < 1.29 is 28.6 Å². The van der Waals surface area contributed by atoms with Crippen molar-refractivity contribution in [2.45, 2.75) is 19.8 Å². The van der Waals surface area contributed by atoms with E-state index < -0.39 is 11.9 Å². The molecule has 9 heteroatoms. The third-order valence-electron chi connectivity index (χ3n) is 4.12. The van der Waals surface area contributed by atoms with E-state index in [0.717, 1.165) is 12.8 Å². The topological polar surface area (TPSA) is 106 Å². The molecule has 1 aliphatic heterocycles. The number of nitrogens with one attached hydrogen (secondary N) is 2. The molecule has 0 unspecified atom stereocenters. The van der Waals surface area contributed by atoms with Gasteiger partial charge < -0.3 is 19.5 Å². The number of carbonyl (C=O) groups is 3. The first-order valence-electron chi connectivity index (χ1n) is 8.92. The fourth-order valence-corrected chi connectivity index (χ4v) is 2.75. The van der Waals surface area contributed by atoms with Crippen molar-refractivity contribution in [2.24, 2.45) is 5.92 Å². The van der Waals surface area contributed by atoms with E-state index in [9.17, 15) is 14.4 Å². The second kappa shape index (κ2) is 8.72. The summed E-state index contributed by atoms with van der Waals surface area (Å²) in [4.78, 5) is 37.6. The van der Waals surface area contributed by atoms with E-state index in [1.807, 2.05) is 0 Å². The maximum absolute atomic E-state index is 12.2. The van der Waals surface area contributed by atoms with Crippen LogP contribution in [0, 0.1) is 5.92 Å². The van der Waals surface area contributed by atoms with Crippen LogP contribution in [0.3, 0.4) is 0 Å². The zero-order valence-corrected chi connectivity index (χ0v) is 15.2. The molecule has 1 heterocycles. The van der Waals surface area contributed by atoms with Crippen LogP contribution in [-0.2, 0) is 14.3 Å². The number of anilines is 1. The van der Waals surface area contributed by atoms with Crippen molar-refractivity contribution in [3.63, 3.8) is 0 Å². The van der Waals surface area contributed by atoms with Crippen LogP contribution in [0.2, 0.25) is 0 Å². The molecule has 0 bridgehead atoms. The Balaban J connectivity index is 1.48. The van der Waals surface area contributed by atoms with Gasteiger partial charge in [0.2, 0.25) is 12.7 Å². The molecule has 1 saturated carbocycles. The van der Waals surface area contributed by atoms with Gasteiger partial charge in [-0.2, -0.15) is 0 Å². The normalized spacial score (nSPS) is 14.7. The van der Waals surface area contributed by atoms with Gasteiger partial charge in [-0.15, -0.1) is 0 Å². The van der Waals surface area contributed by atoms with Crippen LogP contribution in [0.1, 0.15) is 19.8 Å². The third kappa shape index (κ3) is 5.85. The Morgan fingerprint density at radius 3 is 2.70 bits per heavy atom. The van der Waals surface area contributed by atoms with E-state index in [4.69, 9.17) is 14.2 Å². The lowest BCUT2D eigenvalue weighted by Crippen LogP contribution is -2.44. The Bertz CT molecular complexity index is 719. The molecule has 0 atom stereocenters. The molecule has 3 amide bonds. The number of ether oxygens (including phenoxy) is 3. The lowest BCUT2D eigenvalue weighted by molar-refractivity contribution is -0.144. The predicted octanol–water partition coefficient (Wildman–Crippen LogP) is 1.34. The van der Waals surface area contributed by atoms with Crippen LogP contribution in [0.5, 0.6) is 11.5 Å². The highest BCUT2D eigenvalue weighted by atomic mass is 16.7. The summed E-state index contributed by atoms with van der Waals surface area (Å²) in [6, 6.07) is 4.29. The minimum Gasteiger partial charge on any atom is -0.465 e. The zero-order valence-electron chi connectivity index (χ0n) is 15.2. The van der Waals surface area contributed by atoms with Crippen molar-refractivity contribution in [2.75, 3.05) is 38.4 Å². The molecule has 0 radical (unpaired) electrons. The number of benzene rings is 1. The number of hydrogen-bond donors (Lipinski definition) is 2. The molecule has 2 aliphatic rings. The fourth-order valence-electron chi connectivity index (χ4n) is 2.75.